The maximum atomic E-state index is 11.3. The third-order valence-corrected chi connectivity index (χ3v) is 3.36. The second-order valence-electron chi connectivity index (χ2n) is 3.46. The molecular formula is C7H13N3O4S. The van der Waals surface area contributed by atoms with Gasteiger partial charge in [-0.2, -0.15) is 0 Å². The van der Waals surface area contributed by atoms with Gasteiger partial charge >= 0.3 is 0 Å². The minimum Gasteiger partial charge on any atom is -0.368 e. The van der Waals surface area contributed by atoms with Crippen LogP contribution in [0, 0.1) is 5.92 Å². The van der Waals surface area contributed by atoms with Gasteiger partial charge in [-0.25, -0.2) is 12.7 Å². The van der Waals surface area contributed by atoms with Crippen LogP contribution in [0.4, 0.5) is 0 Å². The predicted octanol–water partition coefficient (Wildman–Crippen LogP) is -2.52. The van der Waals surface area contributed by atoms with Crippen molar-refractivity contribution in [2.75, 3.05) is 25.9 Å². The Morgan fingerprint density at radius 2 is 2.00 bits per heavy atom. The molecule has 1 aliphatic heterocycles. The Morgan fingerprint density at radius 3 is 2.40 bits per heavy atom. The summed E-state index contributed by atoms with van der Waals surface area (Å²) in [6, 6.07) is 0. The summed E-state index contributed by atoms with van der Waals surface area (Å²) in [6.45, 7) is 0.126. The van der Waals surface area contributed by atoms with Gasteiger partial charge in [0.2, 0.25) is 21.8 Å². The molecule has 86 valence electrons. The fourth-order valence-corrected chi connectivity index (χ4v) is 2.09. The Kier molecular flexibility index (Phi) is 3.30. The highest BCUT2D eigenvalue weighted by Gasteiger charge is 2.37. The molecule has 2 amide bonds. The number of carbonyl (C=O) groups is 2. The third-order valence-electron chi connectivity index (χ3n) is 2.12. The van der Waals surface area contributed by atoms with E-state index in [0.717, 1.165) is 6.26 Å². The molecule has 0 aromatic heterocycles. The number of rotatable bonds is 4. The smallest absolute Gasteiger partial charge is 0.236 e. The van der Waals surface area contributed by atoms with Gasteiger partial charge in [0.25, 0.3) is 0 Å². The molecule has 1 saturated heterocycles. The van der Waals surface area contributed by atoms with Gasteiger partial charge in [0.05, 0.1) is 18.7 Å². The number of nitrogens with zero attached hydrogens (tertiary/aromatic N) is 1. The van der Waals surface area contributed by atoms with Crippen molar-refractivity contribution in [3.05, 3.63) is 0 Å². The van der Waals surface area contributed by atoms with Gasteiger partial charge in [0.15, 0.2) is 0 Å². The van der Waals surface area contributed by atoms with Crippen LogP contribution in [0.3, 0.4) is 0 Å². The van der Waals surface area contributed by atoms with Crippen LogP contribution in [0.1, 0.15) is 0 Å². The zero-order chi connectivity index (χ0) is 11.6. The molecule has 1 heterocycles. The second-order valence-corrected chi connectivity index (χ2v) is 5.44. The van der Waals surface area contributed by atoms with Crippen LogP contribution < -0.4 is 11.1 Å². The fraction of sp³-hybridized carbons (Fsp3) is 0.714. The van der Waals surface area contributed by atoms with Crippen molar-refractivity contribution in [2.24, 2.45) is 11.7 Å². The zero-order valence-electron chi connectivity index (χ0n) is 8.26. The Bertz CT molecular complexity index is 372. The monoisotopic (exact) mass is 235 g/mol. The molecule has 1 fully saturated rings. The molecule has 1 rings (SSSR count). The Hall–Kier alpha value is -1.15. The quantitative estimate of drug-likeness (QED) is 0.560. The van der Waals surface area contributed by atoms with Crippen LogP contribution in [0.25, 0.3) is 0 Å². The van der Waals surface area contributed by atoms with E-state index in [-0.39, 0.29) is 31.5 Å². The van der Waals surface area contributed by atoms with E-state index in [4.69, 9.17) is 5.73 Å². The van der Waals surface area contributed by atoms with Crippen molar-refractivity contribution in [3.63, 3.8) is 0 Å². The maximum absolute atomic E-state index is 11.3. The van der Waals surface area contributed by atoms with Crippen molar-refractivity contribution in [3.8, 4) is 0 Å². The van der Waals surface area contributed by atoms with Crippen LogP contribution in [-0.4, -0.2) is 50.4 Å². The molecule has 0 aliphatic carbocycles. The Labute approximate surface area is 87.7 Å². The lowest BCUT2D eigenvalue weighted by Gasteiger charge is -2.35. The van der Waals surface area contributed by atoms with Gasteiger partial charge in [-0.3, -0.25) is 9.59 Å². The topological polar surface area (TPSA) is 110 Å². The summed E-state index contributed by atoms with van der Waals surface area (Å²) in [5.74, 6) is -1.34. The summed E-state index contributed by atoms with van der Waals surface area (Å²) in [6.07, 6.45) is 1.09. The molecule has 0 unspecified atom stereocenters. The van der Waals surface area contributed by atoms with E-state index in [2.05, 4.69) is 5.32 Å². The number of sulfonamides is 1. The Morgan fingerprint density at radius 1 is 1.47 bits per heavy atom. The van der Waals surface area contributed by atoms with E-state index in [0.29, 0.717) is 0 Å². The van der Waals surface area contributed by atoms with Gasteiger partial charge in [-0.1, -0.05) is 0 Å². The highest BCUT2D eigenvalue weighted by Crippen LogP contribution is 2.18. The highest BCUT2D eigenvalue weighted by molar-refractivity contribution is 7.88. The van der Waals surface area contributed by atoms with Crippen molar-refractivity contribution in [1.29, 1.82) is 0 Å². The van der Waals surface area contributed by atoms with Crippen LogP contribution in [-0.2, 0) is 19.6 Å². The van der Waals surface area contributed by atoms with Gasteiger partial charge in [-0.05, 0) is 0 Å². The summed E-state index contributed by atoms with van der Waals surface area (Å²) in [7, 11) is -3.20. The van der Waals surface area contributed by atoms with Crippen molar-refractivity contribution < 1.29 is 18.0 Å². The molecule has 0 bridgehead atoms. The summed E-state index contributed by atoms with van der Waals surface area (Å²) >= 11 is 0. The SMILES string of the molecule is CS(=O)(=O)N1CC(C(=O)NCC(N)=O)C1. The van der Waals surface area contributed by atoms with E-state index in [1.807, 2.05) is 0 Å². The minimum atomic E-state index is -3.20. The number of primary amides is 1. The van der Waals surface area contributed by atoms with Crippen molar-refractivity contribution in [2.45, 2.75) is 0 Å². The van der Waals surface area contributed by atoms with E-state index in [1.54, 1.807) is 0 Å². The first kappa shape index (κ1) is 11.9. The Balaban J connectivity index is 2.33. The number of nitrogens with two attached hydrogens (primary N) is 1. The summed E-state index contributed by atoms with van der Waals surface area (Å²) in [5, 5.41) is 2.32. The maximum Gasteiger partial charge on any atom is 0.236 e. The minimum absolute atomic E-state index is 0.170. The normalized spacial score (nSPS) is 18.2. The molecule has 0 saturated carbocycles. The van der Waals surface area contributed by atoms with E-state index >= 15 is 0 Å². The lowest BCUT2D eigenvalue weighted by atomic mass is 10.0. The van der Waals surface area contributed by atoms with Crippen molar-refractivity contribution in [1.82, 2.24) is 9.62 Å². The fourth-order valence-electron chi connectivity index (χ4n) is 1.19. The number of carbonyl (C=O) groups excluding carboxylic acids is 2. The molecule has 15 heavy (non-hydrogen) atoms. The number of hydrogen-bond donors (Lipinski definition) is 2. The van der Waals surface area contributed by atoms with Crippen LogP contribution in [0.2, 0.25) is 0 Å². The molecule has 0 atom stereocenters. The molecule has 0 radical (unpaired) electrons. The molecule has 3 N–H and O–H groups in total. The average Bonchev–Trinajstić information content (AvgIpc) is 1.94. The summed E-state index contributed by atoms with van der Waals surface area (Å²) in [4.78, 5) is 21.6. The lowest BCUT2D eigenvalue weighted by Crippen LogP contribution is -2.55. The first-order chi connectivity index (χ1) is 6.80. The van der Waals surface area contributed by atoms with E-state index in [1.165, 1.54) is 4.31 Å². The number of hydrogen-bond acceptors (Lipinski definition) is 4. The summed E-state index contributed by atoms with van der Waals surface area (Å²) < 4.78 is 23.1. The molecule has 7 nitrogen and oxygen atoms in total. The number of nitrogens with one attached hydrogen (secondary N) is 1. The lowest BCUT2D eigenvalue weighted by molar-refractivity contribution is -0.130. The first-order valence-corrected chi connectivity index (χ1v) is 6.16. The van der Waals surface area contributed by atoms with Gasteiger partial charge in [0.1, 0.15) is 0 Å². The molecule has 8 heteroatoms. The molecule has 0 aromatic carbocycles. The van der Waals surface area contributed by atoms with E-state index < -0.39 is 15.9 Å². The van der Waals surface area contributed by atoms with Gasteiger partial charge in [-0.15, -0.1) is 0 Å². The van der Waals surface area contributed by atoms with Crippen LogP contribution in [0.15, 0.2) is 0 Å². The zero-order valence-corrected chi connectivity index (χ0v) is 9.08. The standard InChI is InChI=1S/C7H13N3O4S/c1-15(13,14)10-3-5(4-10)7(12)9-2-6(8)11/h5H,2-4H2,1H3,(H2,8,11)(H,9,12). The van der Waals surface area contributed by atoms with Gasteiger partial charge < -0.3 is 11.1 Å². The van der Waals surface area contributed by atoms with Crippen LogP contribution >= 0.6 is 0 Å². The molecular weight excluding hydrogens is 222 g/mol. The van der Waals surface area contributed by atoms with Gasteiger partial charge in [0, 0.05) is 13.1 Å². The van der Waals surface area contributed by atoms with Crippen LogP contribution in [0.5, 0.6) is 0 Å². The second kappa shape index (κ2) is 4.15. The molecule has 0 spiro atoms. The number of amides is 2. The molecule has 1 aliphatic rings. The third kappa shape index (κ3) is 3.17. The summed E-state index contributed by atoms with van der Waals surface area (Å²) in [5.41, 5.74) is 4.84. The molecule has 0 aromatic rings. The predicted molar refractivity (Wildman–Crippen MR) is 52.1 cm³/mol. The largest absolute Gasteiger partial charge is 0.368 e. The van der Waals surface area contributed by atoms with Crippen molar-refractivity contribution >= 4 is 21.8 Å². The van der Waals surface area contributed by atoms with E-state index in [9.17, 15) is 18.0 Å². The first-order valence-electron chi connectivity index (χ1n) is 4.32. The highest BCUT2D eigenvalue weighted by atomic mass is 32.2. The average molecular weight is 235 g/mol.